The Labute approximate surface area is 142 Å². The van der Waals surface area contributed by atoms with Gasteiger partial charge in [-0.25, -0.2) is 4.98 Å². The van der Waals surface area contributed by atoms with Crippen LogP contribution in [0.15, 0.2) is 36.4 Å². The Morgan fingerprint density at radius 3 is 2.42 bits per heavy atom. The molecule has 0 atom stereocenters. The van der Waals surface area contributed by atoms with Gasteiger partial charge < -0.3 is 9.47 Å². The first-order valence-corrected chi connectivity index (χ1v) is 7.87. The van der Waals surface area contributed by atoms with Crippen LogP contribution in [-0.4, -0.2) is 24.1 Å². The SMILES string of the molecule is COc1cc(/C=C/c2nc3cc([N+](=O)[O-])ccc3s2)cc(OC)c1. The maximum absolute atomic E-state index is 10.8. The molecule has 0 unspecified atom stereocenters. The fourth-order valence-electron chi connectivity index (χ4n) is 2.21. The second kappa shape index (κ2) is 6.67. The number of fused-ring (bicyclic) bond motifs is 1. The Hall–Kier alpha value is -2.93. The number of nitro groups is 1. The van der Waals surface area contributed by atoms with Crippen molar-refractivity contribution in [3.63, 3.8) is 0 Å². The Morgan fingerprint density at radius 1 is 1.08 bits per heavy atom. The molecule has 1 heterocycles. The number of thiazole rings is 1. The summed E-state index contributed by atoms with van der Waals surface area (Å²) in [5.74, 6) is 1.41. The Morgan fingerprint density at radius 2 is 1.79 bits per heavy atom. The van der Waals surface area contributed by atoms with E-state index >= 15 is 0 Å². The highest BCUT2D eigenvalue weighted by atomic mass is 32.1. The fraction of sp³-hybridized carbons (Fsp3) is 0.118. The minimum Gasteiger partial charge on any atom is -0.497 e. The van der Waals surface area contributed by atoms with Gasteiger partial charge in [0.25, 0.3) is 5.69 Å². The third-order valence-corrected chi connectivity index (χ3v) is 4.39. The lowest BCUT2D eigenvalue weighted by Crippen LogP contribution is -1.88. The van der Waals surface area contributed by atoms with E-state index < -0.39 is 4.92 Å². The van der Waals surface area contributed by atoms with Gasteiger partial charge >= 0.3 is 0 Å². The van der Waals surface area contributed by atoms with E-state index in [1.807, 2.05) is 24.3 Å². The third-order valence-electron chi connectivity index (χ3n) is 3.39. The molecule has 1 aromatic heterocycles. The smallest absolute Gasteiger partial charge is 0.271 e. The Bertz CT molecular complexity index is 911. The molecule has 7 heteroatoms. The molecule has 6 nitrogen and oxygen atoms in total. The second-order valence-electron chi connectivity index (χ2n) is 4.94. The molecule has 24 heavy (non-hydrogen) atoms. The molecule has 0 aliphatic heterocycles. The van der Waals surface area contributed by atoms with Crippen molar-refractivity contribution in [2.45, 2.75) is 0 Å². The number of methoxy groups -OCH3 is 2. The number of non-ortho nitro benzene ring substituents is 1. The molecule has 0 N–H and O–H groups in total. The minimum absolute atomic E-state index is 0.0425. The van der Waals surface area contributed by atoms with Gasteiger partial charge in [-0.1, -0.05) is 6.08 Å². The summed E-state index contributed by atoms with van der Waals surface area (Å²) in [7, 11) is 3.20. The highest BCUT2D eigenvalue weighted by Crippen LogP contribution is 2.28. The van der Waals surface area contributed by atoms with Gasteiger partial charge in [-0.05, 0) is 29.8 Å². The number of aromatic nitrogens is 1. The molecule has 122 valence electrons. The monoisotopic (exact) mass is 342 g/mol. The minimum atomic E-state index is -0.420. The summed E-state index contributed by atoms with van der Waals surface area (Å²) in [4.78, 5) is 14.8. The van der Waals surface area contributed by atoms with Gasteiger partial charge in [-0.3, -0.25) is 10.1 Å². The van der Waals surface area contributed by atoms with Crippen LogP contribution in [0.4, 0.5) is 5.69 Å². The molecule has 0 saturated carbocycles. The third kappa shape index (κ3) is 3.36. The van der Waals surface area contributed by atoms with E-state index in [1.54, 1.807) is 26.4 Å². The molecule has 3 aromatic rings. The lowest BCUT2D eigenvalue weighted by molar-refractivity contribution is -0.384. The number of benzene rings is 2. The van der Waals surface area contributed by atoms with Gasteiger partial charge in [0.05, 0.1) is 29.4 Å². The summed E-state index contributed by atoms with van der Waals surface area (Å²) in [6.07, 6.45) is 3.77. The van der Waals surface area contributed by atoms with Crippen molar-refractivity contribution < 1.29 is 14.4 Å². The van der Waals surface area contributed by atoms with Gasteiger partial charge in [0.2, 0.25) is 0 Å². The number of hydrogen-bond donors (Lipinski definition) is 0. The van der Waals surface area contributed by atoms with Crippen LogP contribution >= 0.6 is 11.3 Å². The van der Waals surface area contributed by atoms with Gasteiger partial charge in [0.15, 0.2) is 0 Å². The fourth-order valence-corrected chi connectivity index (χ4v) is 3.06. The largest absolute Gasteiger partial charge is 0.497 e. The summed E-state index contributed by atoms with van der Waals surface area (Å²) in [6, 6.07) is 10.3. The number of nitro benzene ring substituents is 1. The lowest BCUT2D eigenvalue weighted by atomic mass is 10.2. The van der Waals surface area contributed by atoms with Crippen molar-refractivity contribution in [3.05, 3.63) is 57.1 Å². The standard InChI is InChI=1S/C17H14N2O4S/c1-22-13-7-11(8-14(10-13)23-2)3-6-17-18-15-9-12(19(20)21)4-5-16(15)24-17/h3-10H,1-2H3/b6-3+. The van der Waals surface area contributed by atoms with E-state index in [9.17, 15) is 10.1 Å². The van der Waals surface area contributed by atoms with Crippen LogP contribution in [-0.2, 0) is 0 Å². The molecule has 0 spiro atoms. The van der Waals surface area contributed by atoms with Crippen LogP contribution < -0.4 is 9.47 Å². The zero-order valence-corrected chi connectivity index (χ0v) is 13.9. The number of hydrogen-bond acceptors (Lipinski definition) is 6. The average Bonchev–Trinajstić information content (AvgIpc) is 3.01. The van der Waals surface area contributed by atoms with E-state index in [0.29, 0.717) is 17.0 Å². The van der Waals surface area contributed by atoms with Gasteiger partial charge in [0, 0.05) is 18.2 Å². The molecule has 0 bridgehead atoms. The zero-order chi connectivity index (χ0) is 17.1. The highest BCUT2D eigenvalue weighted by molar-refractivity contribution is 7.19. The Kier molecular flexibility index (Phi) is 4.43. The van der Waals surface area contributed by atoms with E-state index in [2.05, 4.69) is 4.98 Å². The van der Waals surface area contributed by atoms with Crippen LogP contribution in [0.2, 0.25) is 0 Å². The summed E-state index contributed by atoms with van der Waals surface area (Å²) in [5, 5.41) is 11.6. The summed E-state index contributed by atoms with van der Waals surface area (Å²) < 4.78 is 11.4. The topological polar surface area (TPSA) is 74.5 Å². The van der Waals surface area contributed by atoms with Gasteiger partial charge in [-0.2, -0.15) is 0 Å². The lowest BCUT2D eigenvalue weighted by Gasteiger charge is -2.05. The highest BCUT2D eigenvalue weighted by Gasteiger charge is 2.09. The molecular weight excluding hydrogens is 328 g/mol. The molecule has 0 aliphatic carbocycles. The molecule has 3 rings (SSSR count). The van der Waals surface area contributed by atoms with Crippen molar-refractivity contribution in [2.75, 3.05) is 14.2 Å². The van der Waals surface area contributed by atoms with E-state index in [4.69, 9.17) is 9.47 Å². The number of rotatable bonds is 5. The average molecular weight is 342 g/mol. The second-order valence-corrected chi connectivity index (χ2v) is 6.00. The van der Waals surface area contributed by atoms with Crippen LogP contribution in [0, 0.1) is 10.1 Å². The van der Waals surface area contributed by atoms with Crippen molar-refractivity contribution >= 4 is 39.4 Å². The molecule has 0 saturated heterocycles. The quantitative estimate of drug-likeness (QED) is 0.508. The molecule has 0 amide bonds. The van der Waals surface area contributed by atoms with E-state index in [1.165, 1.54) is 23.5 Å². The van der Waals surface area contributed by atoms with Crippen molar-refractivity contribution in [1.82, 2.24) is 4.98 Å². The summed E-state index contributed by atoms with van der Waals surface area (Å²) in [5.41, 5.74) is 1.58. The van der Waals surface area contributed by atoms with Crippen molar-refractivity contribution in [3.8, 4) is 11.5 Å². The van der Waals surface area contributed by atoms with Crippen LogP contribution in [0.3, 0.4) is 0 Å². The van der Waals surface area contributed by atoms with Crippen LogP contribution in [0.5, 0.6) is 11.5 Å². The first-order chi connectivity index (χ1) is 11.6. The molecular formula is C17H14N2O4S. The predicted molar refractivity (Wildman–Crippen MR) is 94.7 cm³/mol. The number of ether oxygens (including phenoxy) is 2. The first kappa shape index (κ1) is 15.9. The Balaban J connectivity index is 1.91. The van der Waals surface area contributed by atoms with Crippen molar-refractivity contribution in [2.24, 2.45) is 0 Å². The maximum atomic E-state index is 10.8. The van der Waals surface area contributed by atoms with E-state index in [-0.39, 0.29) is 5.69 Å². The molecule has 2 aromatic carbocycles. The van der Waals surface area contributed by atoms with Gasteiger partial charge in [-0.15, -0.1) is 11.3 Å². The van der Waals surface area contributed by atoms with Crippen LogP contribution in [0.1, 0.15) is 10.6 Å². The first-order valence-electron chi connectivity index (χ1n) is 7.05. The summed E-state index contributed by atoms with van der Waals surface area (Å²) >= 11 is 1.47. The molecule has 0 radical (unpaired) electrons. The molecule has 0 aliphatic rings. The zero-order valence-electron chi connectivity index (χ0n) is 13.1. The molecule has 0 fully saturated rings. The normalized spacial score (nSPS) is 11.1. The van der Waals surface area contributed by atoms with E-state index in [0.717, 1.165) is 15.3 Å². The van der Waals surface area contributed by atoms with Crippen LogP contribution in [0.25, 0.3) is 22.4 Å². The predicted octanol–water partition coefficient (Wildman–Crippen LogP) is 4.39. The maximum Gasteiger partial charge on any atom is 0.271 e. The van der Waals surface area contributed by atoms with Crippen molar-refractivity contribution in [1.29, 1.82) is 0 Å². The summed E-state index contributed by atoms with van der Waals surface area (Å²) in [6.45, 7) is 0. The van der Waals surface area contributed by atoms with Gasteiger partial charge in [0.1, 0.15) is 16.5 Å². The number of nitrogens with zero attached hydrogens (tertiary/aromatic N) is 2.